The minimum atomic E-state index is -4.39. The van der Waals surface area contributed by atoms with E-state index in [1.54, 1.807) is 5.09 Å². The summed E-state index contributed by atoms with van der Waals surface area (Å²) >= 11 is 0. The highest BCUT2D eigenvalue weighted by Gasteiger charge is 2.42. The van der Waals surface area contributed by atoms with Crippen LogP contribution in [0.5, 0.6) is 0 Å². The summed E-state index contributed by atoms with van der Waals surface area (Å²) in [7, 11) is -4.39. The van der Waals surface area contributed by atoms with E-state index in [1.165, 1.54) is 0 Å². The Morgan fingerprint density at radius 2 is 1.79 bits per heavy atom. The zero-order valence-electron chi connectivity index (χ0n) is 7.02. The molecule has 0 aromatic heterocycles. The van der Waals surface area contributed by atoms with Crippen molar-refractivity contribution in [1.29, 1.82) is 0 Å². The maximum absolute atomic E-state index is 10.4. The van der Waals surface area contributed by atoms with Crippen LogP contribution >= 0.6 is 7.75 Å². The maximum Gasteiger partial charge on any atom is 0.400 e. The number of hydrogen-bond donors (Lipinski definition) is 6. The Labute approximate surface area is 79.3 Å². The second-order valence-electron chi connectivity index (χ2n) is 2.95. The Hall–Kier alpha value is -0.0500. The van der Waals surface area contributed by atoms with Gasteiger partial charge in [0.1, 0.15) is 18.3 Å². The summed E-state index contributed by atoms with van der Waals surface area (Å²) < 4.78 is 15.0. The highest BCUT2D eigenvalue weighted by molar-refractivity contribution is 7.49. The molecule has 8 nitrogen and oxygen atoms in total. The molecular weight excluding hydrogens is 217 g/mol. The van der Waals surface area contributed by atoms with Crippen molar-refractivity contribution < 1.29 is 34.4 Å². The second kappa shape index (κ2) is 4.21. The predicted octanol–water partition coefficient (Wildman–Crippen LogP) is -2.89. The molecule has 1 heterocycles. The highest BCUT2D eigenvalue weighted by atomic mass is 31.2. The molecule has 0 bridgehead atoms. The van der Waals surface area contributed by atoms with Crippen LogP contribution in [0.2, 0.25) is 0 Å². The highest BCUT2D eigenvalue weighted by Crippen LogP contribution is 2.29. The van der Waals surface area contributed by atoms with Crippen LogP contribution < -0.4 is 5.09 Å². The fourth-order valence-electron chi connectivity index (χ4n) is 1.11. The molecule has 1 rings (SSSR count). The number of rotatable bonds is 3. The molecule has 1 saturated heterocycles. The van der Waals surface area contributed by atoms with E-state index in [9.17, 15) is 9.67 Å². The molecule has 0 radical (unpaired) electrons. The van der Waals surface area contributed by atoms with Gasteiger partial charge < -0.3 is 29.8 Å². The Kier molecular flexibility index (Phi) is 3.62. The first kappa shape index (κ1) is 12.0. The van der Waals surface area contributed by atoms with Gasteiger partial charge in [0.2, 0.25) is 0 Å². The third-order valence-corrected chi connectivity index (χ3v) is 2.43. The Balaban J connectivity index is 2.44. The van der Waals surface area contributed by atoms with Gasteiger partial charge in [-0.05, 0) is 0 Å². The summed E-state index contributed by atoms with van der Waals surface area (Å²) in [4.78, 5) is 16.9. The summed E-state index contributed by atoms with van der Waals surface area (Å²) in [5.41, 5.74) is 0. The Bertz CT molecular complexity index is 242. The second-order valence-corrected chi connectivity index (χ2v) is 4.36. The molecule has 0 aromatic rings. The van der Waals surface area contributed by atoms with Gasteiger partial charge in [-0.25, -0.2) is 9.65 Å². The topological polar surface area (TPSA) is 139 Å². The van der Waals surface area contributed by atoms with Crippen molar-refractivity contribution in [3.63, 3.8) is 0 Å². The number of ether oxygens (including phenoxy) is 1. The Morgan fingerprint density at radius 3 is 2.14 bits per heavy atom. The van der Waals surface area contributed by atoms with Crippen molar-refractivity contribution in [2.45, 2.75) is 24.6 Å². The van der Waals surface area contributed by atoms with Crippen LogP contribution in [0.1, 0.15) is 0 Å². The van der Waals surface area contributed by atoms with Crippen LogP contribution in [0.4, 0.5) is 0 Å². The summed E-state index contributed by atoms with van der Waals surface area (Å²) in [6.07, 6.45) is -5.41. The molecule has 0 spiro atoms. The van der Waals surface area contributed by atoms with E-state index in [-0.39, 0.29) is 6.54 Å². The van der Waals surface area contributed by atoms with Crippen molar-refractivity contribution in [2.75, 3.05) is 6.54 Å². The summed E-state index contributed by atoms with van der Waals surface area (Å²) in [6.45, 7) is -0.362. The van der Waals surface area contributed by atoms with Crippen molar-refractivity contribution >= 4 is 7.75 Å². The fraction of sp³-hybridized carbons (Fsp3) is 1.00. The van der Waals surface area contributed by atoms with Crippen molar-refractivity contribution in [1.82, 2.24) is 5.09 Å². The molecule has 1 aliphatic heterocycles. The van der Waals surface area contributed by atoms with E-state index in [1.807, 2.05) is 0 Å². The minimum absolute atomic E-state index is 0.362. The third-order valence-electron chi connectivity index (χ3n) is 1.84. The first-order valence-corrected chi connectivity index (χ1v) is 5.43. The van der Waals surface area contributed by atoms with Gasteiger partial charge in [-0.2, -0.15) is 0 Å². The van der Waals surface area contributed by atoms with Crippen LogP contribution in [0.3, 0.4) is 0 Å². The first-order chi connectivity index (χ1) is 6.31. The van der Waals surface area contributed by atoms with Crippen molar-refractivity contribution in [3.05, 3.63) is 0 Å². The van der Waals surface area contributed by atoms with Crippen LogP contribution in [-0.2, 0) is 9.30 Å². The lowest BCUT2D eigenvalue weighted by Crippen LogP contribution is -2.37. The van der Waals surface area contributed by atoms with E-state index >= 15 is 0 Å². The normalized spacial score (nSPS) is 38.9. The average Bonchev–Trinajstić information content (AvgIpc) is 2.28. The van der Waals surface area contributed by atoms with E-state index < -0.39 is 32.3 Å². The standard InChI is InChI=1S/C5H12NO7P/c7-3-2(1-6-14(10,11)12)13-5(9)4(3)8/h2-5,7-9H,1H2,(H3,6,10,11,12)/t2-,3?,4?,5-/m1/s1. The lowest BCUT2D eigenvalue weighted by atomic mass is 10.1. The molecule has 4 atom stereocenters. The molecule has 9 heteroatoms. The lowest BCUT2D eigenvalue weighted by Gasteiger charge is -2.15. The van der Waals surface area contributed by atoms with Crippen molar-refractivity contribution in [3.8, 4) is 0 Å². The van der Waals surface area contributed by atoms with Gasteiger partial charge in [-0.15, -0.1) is 0 Å². The van der Waals surface area contributed by atoms with Crippen LogP contribution in [0.15, 0.2) is 0 Å². The molecule has 0 saturated carbocycles. The maximum atomic E-state index is 10.4. The largest absolute Gasteiger partial charge is 0.400 e. The molecule has 14 heavy (non-hydrogen) atoms. The summed E-state index contributed by atoms with van der Waals surface area (Å²) in [6, 6.07) is 0. The molecule has 2 unspecified atom stereocenters. The van der Waals surface area contributed by atoms with E-state index in [4.69, 9.17) is 20.0 Å². The molecule has 84 valence electrons. The molecule has 1 aliphatic rings. The Morgan fingerprint density at radius 1 is 1.21 bits per heavy atom. The fourth-order valence-corrected chi connectivity index (χ4v) is 1.52. The SMILES string of the molecule is O=P(O)(O)NC[C@H]1O[C@@H](O)C(O)C1O. The zero-order chi connectivity index (χ0) is 10.9. The quantitative estimate of drug-likeness (QED) is 0.283. The number of hydrogen-bond acceptors (Lipinski definition) is 5. The average molecular weight is 229 g/mol. The molecule has 0 amide bonds. The van der Waals surface area contributed by atoms with E-state index in [2.05, 4.69) is 4.74 Å². The molecule has 0 aliphatic carbocycles. The lowest BCUT2D eigenvalue weighted by molar-refractivity contribution is -0.125. The molecule has 0 aromatic carbocycles. The monoisotopic (exact) mass is 229 g/mol. The van der Waals surface area contributed by atoms with Gasteiger partial charge >= 0.3 is 7.75 Å². The summed E-state index contributed by atoms with van der Waals surface area (Å²) in [5.74, 6) is 0. The molecule has 1 fully saturated rings. The zero-order valence-corrected chi connectivity index (χ0v) is 7.91. The first-order valence-electron chi connectivity index (χ1n) is 3.81. The number of aliphatic hydroxyl groups is 3. The van der Waals surface area contributed by atoms with Gasteiger partial charge in [-0.3, -0.25) is 0 Å². The summed E-state index contributed by atoms with van der Waals surface area (Å²) in [5, 5.41) is 28.9. The van der Waals surface area contributed by atoms with Gasteiger partial charge in [0.15, 0.2) is 6.29 Å². The smallest absolute Gasteiger partial charge is 0.387 e. The van der Waals surface area contributed by atoms with Crippen LogP contribution in [-0.4, -0.2) is 56.3 Å². The van der Waals surface area contributed by atoms with Gasteiger partial charge in [0, 0.05) is 6.54 Å². The van der Waals surface area contributed by atoms with E-state index in [0.29, 0.717) is 0 Å². The van der Waals surface area contributed by atoms with Gasteiger partial charge in [0.25, 0.3) is 0 Å². The number of nitrogens with one attached hydrogen (secondary N) is 1. The third kappa shape index (κ3) is 2.97. The molecule has 6 N–H and O–H groups in total. The number of aliphatic hydroxyl groups excluding tert-OH is 3. The molecular formula is C5H12NO7P. The van der Waals surface area contributed by atoms with E-state index in [0.717, 1.165) is 0 Å². The van der Waals surface area contributed by atoms with Gasteiger partial charge in [-0.1, -0.05) is 0 Å². The minimum Gasteiger partial charge on any atom is -0.387 e. The van der Waals surface area contributed by atoms with Gasteiger partial charge in [0.05, 0.1) is 0 Å². The predicted molar refractivity (Wildman–Crippen MR) is 42.9 cm³/mol. The van der Waals surface area contributed by atoms with Crippen LogP contribution in [0.25, 0.3) is 0 Å². The van der Waals surface area contributed by atoms with Crippen LogP contribution in [0, 0.1) is 0 Å². The van der Waals surface area contributed by atoms with Crippen molar-refractivity contribution in [2.24, 2.45) is 0 Å².